The molecule has 0 saturated heterocycles. The zero-order valence-corrected chi connectivity index (χ0v) is 19.4. The first kappa shape index (κ1) is 23.0. The van der Waals surface area contributed by atoms with Gasteiger partial charge in [-0.25, -0.2) is 19.3 Å². The standard InChI is InChI=1S/C27H27FN6/c1-16(2)13-31-14-20(12-29)24-11-23(19-6-9-25-22(10-19)17(3)32-15-33-25)26(34-27(24)30)18-4-7-21(28)8-5-18/h4-12,14-16,29,31H,13H2,1-3H3,(H2,30,34)/b20-14+,29-12?. The second-order valence-corrected chi connectivity index (χ2v) is 8.56. The van der Waals surface area contributed by atoms with Gasteiger partial charge >= 0.3 is 0 Å². The molecule has 6 nitrogen and oxygen atoms in total. The van der Waals surface area contributed by atoms with Crippen molar-refractivity contribution in [1.29, 1.82) is 5.41 Å². The molecule has 0 radical (unpaired) electrons. The van der Waals surface area contributed by atoms with E-state index in [0.29, 0.717) is 28.6 Å². The second kappa shape index (κ2) is 9.79. The van der Waals surface area contributed by atoms with Gasteiger partial charge in [0.25, 0.3) is 0 Å². The number of nitrogens with one attached hydrogen (secondary N) is 2. The Labute approximate surface area is 198 Å². The summed E-state index contributed by atoms with van der Waals surface area (Å²) in [5, 5.41) is 12.1. The van der Waals surface area contributed by atoms with Gasteiger partial charge in [0.15, 0.2) is 0 Å². The van der Waals surface area contributed by atoms with E-state index in [1.807, 2.05) is 31.2 Å². The largest absolute Gasteiger partial charge is 0.390 e. The smallest absolute Gasteiger partial charge is 0.132 e. The van der Waals surface area contributed by atoms with E-state index in [2.05, 4.69) is 29.1 Å². The minimum atomic E-state index is -0.321. The lowest BCUT2D eigenvalue weighted by Gasteiger charge is -2.16. The molecule has 0 aliphatic heterocycles. The van der Waals surface area contributed by atoms with E-state index in [-0.39, 0.29) is 5.82 Å². The van der Waals surface area contributed by atoms with Gasteiger partial charge in [-0.3, -0.25) is 0 Å². The van der Waals surface area contributed by atoms with E-state index in [1.54, 1.807) is 24.7 Å². The molecule has 0 aliphatic carbocycles. The molecule has 7 heteroatoms. The Balaban J connectivity index is 1.93. The number of aromatic nitrogens is 3. The average molecular weight is 455 g/mol. The van der Waals surface area contributed by atoms with Crippen LogP contribution in [0.4, 0.5) is 10.2 Å². The summed E-state index contributed by atoms with van der Waals surface area (Å²) in [6, 6.07) is 14.1. The molecule has 2 aromatic carbocycles. The van der Waals surface area contributed by atoms with E-state index in [9.17, 15) is 4.39 Å². The van der Waals surface area contributed by atoms with Crippen LogP contribution in [-0.2, 0) is 0 Å². The number of fused-ring (bicyclic) bond motifs is 1. The normalized spacial score (nSPS) is 11.7. The maximum atomic E-state index is 13.6. The lowest BCUT2D eigenvalue weighted by atomic mass is 9.94. The minimum absolute atomic E-state index is 0.296. The molecule has 4 N–H and O–H groups in total. The van der Waals surface area contributed by atoms with Crippen LogP contribution in [0.1, 0.15) is 25.1 Å². The molecule has 0 aliphatic rings. The lowest BCUT2D eigenvalue weighted by molar-refractivity contribution is 0.612. The third-order valence-electron chi connectivity index (χ3n) is 5.57. The summed E-state index contributed by atoms with van der Waals surface area (Å²) in [4.78, 5) is 13.4. The molecular formula is C27H27FN6. The van der Waals surface area contributed by atoms with Crippen LogP contribution in [0, 0.1) is 24.1 Å². The molecule has 0 atom stereocenters. The molecule has 2 heterocycles. The Morgan fingerprint density at radius 2 is 1.82 bits per heavy atom. The summed E-state index contributed by atoms with van der Waals surface area (Å²) in [5.74, 6) is 0.432. The van der Waals surface area contributed by atoms with Crippen LogP contribution < -0.4 is 11.1 Å². The van der Waals surface area contributed by atoms with Gasteiger partial charge in [0.1, 0.15) is 18.0 Å². The number of rotatable bonds is 7. The lowest BCUT2D eigenvalue weighted by Crippen LogP contribution is -2.14. The zero-order valence-electron chi connectivity index (χ0n) is 19.4. The van der Waals surface area contributed by atoms with Gasteiger partial charge < -0.3 is 16.5 Å². The molecule has 4 aromatic rings. The number of pyridine rings is 1. The van der Waals surface area contributed by atoms with Crippen molar-refractivity contribution in [3.63, 3.8) is 0 Å². The van der Waals surface area contributed by atoms with E-state index in [4.69, 9.17) is 16.1 Å². The molecule has 4 rings (SSSR count). The van der Waals surface area contributed by atoms with Gasteiger partial charge in [0.2, 0.25) is 0 Å². The number of nitrogen functional groups attached to an aromatic ring is 1. The van der Waals surface area contributed by atoms with Crippen molar-refractivity contribution in [1.82, 2.24) is 20.3 Å². The average Bonchev–Trinajstić information content (AvgIpc) is 2.82. The SMILES string of the molecule is Cc1ncnc2ccc(-c3cc(/C(C=N)=C/NCC(C)C)c(N)nc3-c3ccc(F)cc3)cc12. The van der Waals surface area contributed by atoms with Crippen molar-refractivity contribution in [3.05, 3.63) is 78.1 Å². The Morgan fingerprint density at radius 3 is 2.53 bits per heavy atom. The fraction of sp³-hybridized carbons (Fsp3) is 0.185. The maximum absolute atomic E-state index is 13.6. The molecule has 0 saturated carbocycles. The predicted octanol–water partition coefficient (Wildman–Crippen LogP) is 5.62. The molecule has 0 bridgehead atoms. The third-order valence-corrected chi connectivity index (χ3v) is 5.57. The van der Waals surface area contributed by atoms with Crippen LogP contribution in [0.5, 0.6) is 0 Å². The molecule has 2 aromatic heterocycles. The van der Waals surface area contributed by atoms with Gasteiger partial charge in [-0.05, 0) is 60.9 Å². The van der Waals surface area contributed by atoms with Crippen LogP contribution in [0.15, 0.2) is 61.1 Å². The minimum Gasteiger partial charge on any atom is -0.390 e. The van der Waals surface area contributed by atoms with Crippen LogP contribution >= 0.6 is 0 Å². The number of hydrogen-bond acceptors (Lipinski definition) is 6. The summed E-state index contributed by atoms with van der Waals surface area (Å²) in [5.41, 5.74) is 12.5. The third kappa shape index (κ3) is 4.78. The fourth-order valence-corrected chi connectivity index (χ4v) is 3.76. The maximum Gasteiger partial charge on any atom is 0.132 e. The predicted molar refractivity (Wildman–Crippen MR) is 137 cm³/mol. The van der Waals surface area contributed by atoms with Gasteiger partial charge in [-0.2, -0.15) is 0 Å². The monoisotopic (exact) mass is 454 g/mol. The van der Waals surface area contributed by atoms with Crippen LogP contribution in [0.3, 0.4) is 0 Å². The molecule has 0 unspecified atom stereocenters. The highest BCUT2D eigenvalue weighted by atomic mass is 19.1. The van der Waals surface area contributed by atoms with Crippen molar-refractivity contribution in [2.24, 2.45) is 5.92 Å². The fourth-order valence-electron chi connectivity index (χ4n) is 3.76. The van der Waals surface area contributed by atoms with Crippen molar-refractivity contribution < 1.29 is 4.39 Å². The van der Waals surface area contributed by atoms with E-state index in [1.165, 1.54) is 18.3 Å². The van der Waals surface area contributed by atoms with Crippen molar-refractivity contribution in [2.75, 3.05) is 12.3 Å². The quantitative estimate of drug-likeness (QED) is 0.315. The van der Waals surface area contributed by atoms with Crippen LogP contribution in [0.25, 0.3) is 38.9 Å². The van der Waals surface area contributed by atoms with Gasteiger partial charge in [-0.1, -0.05) is 19.9 Å². The van der Waals surface area contributed by atoms with Gasteiger partial charge in [0.05, 0.1) is 11.2 Å². The number of benzene rings is 2. The number of nitrogens with two attached hydrogens (primary N) is 1. The molecule has 0 spiro atoms. The molecule has 0 fully saturated rings. The Bertz CT molecular complexity index is 1380. The number of halogens is 1. The number of aryl methyl sites for hydroxylation is 1. The summed E-state index contributed by atoms with van der Waals surface area (Å²) >= 11 is 0. The Hall–Kier alpha value is -4.13. The molecule has 34 heavy (non-hydrogen) atoms. The highest BCUT2D eigenvalue weighted by Gasteiger charge is 2.16. The highest BCUT2D eigenvalue weighted by molar-refractivity contribution is 6.10. The molecule has 172 valence electrons. The van der Waals surface area contributed by atoms with E-state index < -0.39 is 0 Å². The molecular weight excluding hydrogens is 427 g/mol. The molecule has 0 amide bonds. The number of anilines is 1. The Kier molecular flexibility index (Phi) is 6.63. The first-order valence-electron chi connectivity index (χ1n) is 11.1. The topological polar surface area (TPSA) is 101 Å². The summed E-state index contributed by atoms with van der Waals surface area (Å²) in [7, 11) is 0. The number of nitrogens with zero attached hydrogens (tertiary/aromatic N) is 3. The van der Waals surface area contributed by atoms with Crippen LogP contribution in [0.2, 0.25) is 0 Å². The second-order valence-electron chi connectivity index (χ2n) is 8.56. The summed E-state index contributed by atoms with van der Waals surface area (Å²) in [6.45, 7) is 6.94. The zero-order chi connectivity index (χ0) is 24.2. The first-order valence-corrected chi connectivity index (χ1v) is 11.1. The van der Waals surface area contributed by atoms with E-state index in [0.717, 1.165) is 39.8 Å². The van der Waals surface area contributed by atoms with Gasteiger partial charge in [-0.15, -0.1) is 0 Å². The highest BCUT2D eigenvalue weighted by Crippen LogP contribution is 2.36. The van der Waals surface area contributed by atoms with Gasteiger partial charge in [0, 0.05) is 52.3 Å². The van der Waals surface area contributed by atoms with Crippen molar-refractivity contribution >= 4 is 28.5 Å². The number of hydrogen-bond donors (Lipinski definition) is 3. The summed E-state index contributed by atoms with van der Waals surface area (Å²) < 4.78 is 13.6. The summed E-state index contributed by atoms with van der Waals surface area (Å²) in [6.07, 6.45) is 4.61. The van der Waals surface area contributed by atoms with E-state index >= 15 is 0 Å². The van der Waals surface area contributed by atoms with Crippen molar-refractivity contribution in [2.45, 2.75) is 20.8 Å². The van der Waals surface area contributed by atoms with Crippen LogP contribution in [-0.4, -0.2) is 27.7 Å². The first-order chi connectivity index (χ1) is 16.4. The van der Waals surface area contributed by atoms with Crippen molar-refractivity contribution in [3.8, 4) is 22.4 Å². The number of allylic oxidation sites excluding steroid dienone is 1. The Morgan fingerprint density at radius 1 is 1.09 bits per heavy atom.